The molecule has 1 aliphatic rings. The first-order valence-electron chi connectivity index (χ1n) is 7.98. The summed E-state index contributed by atoms with van der Waals surface area (Å²) in [4.78, 5) is 17.7. The molecule has 0 bridgehead atoms. The number of aromatic nitrogens is 1. The molecule has 1 amide bonds. The van der Waals surface area contributed by atoms with Crippen LogP contribution in [-0.4, -0.2) is 24.1 Å². The molecule has 1 aromatic carbocycles. The van der Waals surface area contributed by atoms with Crippen molar-refractivity contribution in [1.82, 2.24) is 4.98 Å². The Bertz CT molecular complexity index is 917. The Morgan fingerprint density at radius 3 is 2.88 bits per heavy atom. The van der Waals surface area contributed by atoms with Crippen molar-refractivity contribution >= 4 is 33.7 Å². The zero-order chi connectivity index (χ0) is 17.2. The lowest BCUT2D eigenvalue weighted by atomic mass is 10.1. The van der Waals surface area contributed by atoms with Crippen molar-refractivity contribution in [3.05, 3.63) is 45.5 Å². The van der Waals surface area contributed by atoms with Crippen LogP contribution in [0.5, 0.6) is 11.5 Å². The van der Waals surface area contributed by atoms with Crippen LogP contribution in [0, 0.1) is 0 Å². The molecule has 0 unspecified atom stereocenters. The van der Waals surface area contributed by atoms with Gasteiger partial charge in [0.05, 0.1) is 10.6 Å². The van der Waals surface area contributed by atoms with E-state index in [1.807, 2.05) is 41.9 Å². The molecule has 3 heterocycles. The number of nitrogens with one attached hydrogen (secondary N) is 1. The Labute approximate surface area is 153 Å². The lowest BCUT2D eigenvalue weighted by Gasteiger charge is -2.18. The zero-order valence-corrected chi connectivity index (χ0v) is 15.2. The summed E-state index contributed by atoms with van der Waals surface area (Å²) in [6.07, 6.45) is 0.840. The third-order valence-electron chi connectivity index (χ3n) is 3.90. The molecule has 0 radical (unpaired) electrons. The average molecular weight is 372 g/mol. The number of carbonyl (C=O) groups excluding carboxylic acids is 1. The number of thiophene rings is 1. The minimum absolute atomic E-state index is 0.102. The van der Waals surface area contributed by atoms with Gasteiger partial charge in [0.1, 0.15) is 13.2 Å². The van der Waals surface area contributed by atoms with Crippen LogP contribution in [0.2, 0.25) is 0 Å². The van der Waals surface area contributed by atoms with Crippen molar-refractivity contribution in [1.29, 1.82) is 0 Å². The van der Waals surface area contributed by atoms with Gasteiger partial charge in [-0.25, -0.2) is 4.98 Å². The molecule has 0 fully saturated rings. The van der Waals surface area contributed by atoms with Crippen molar-refractivity contribution in [2.24, 2.45) is 0 Å². The van der Waals surface area contributed by atoms with Crippen LogP contribution in [0.25, 0.3) is 11.3 Å². The highest BCUT2D eigenvalue weighted by atomic mass is 32.1. The molecule has 2 aromatic heterocycles. The Hall–Kier alpha value is -2.38. The lowest BCUT2D eigenvalue weighted by molar-refractivity contribution is 0.103. The fraction of sp³-hybridized carbons (Fsp3) is 0.222. The van der Waals surface area contributed by atoms with Gasteiger partial charge in [0.15, 0.2) is 16.6 Å². The molecule has 0 atom stereocenters. The topological polar surface area (TPSA) is 60.5 Å². The second kappa shape index (κ2) is 6.85. The first-order valence-corrected chi connectivity index (χ1v) is 9.74. The average Bonchev–Trinajstić information content (AvgIpc) is 3.30. The highest BCUT2D eigenvalue weighted by Crippen LogP contribution is 2.35. The van der Waals surface area contributed by atoms with Gasteiger partial charge < -0.3 is 9.47 Å². The van der Waals surface area contributed by atoms with E-state index in [0.717, 1.165) is 39.6 Å². The van der Waals surface area contributed by atoms with Crippen LogP contribution in [-0.2, 0) is 6.42 Å². The number of amides is 1. The number of nitrogens with zero attached hydrogens (tertiary/aromatic N) is 1. The normalized spacial score (nSPS) is 12.8. The first kappa shape index (κ1) is 16.1. The Morgan fingerprint density at radius 1 is 1.20 bits per heavy atom. The van der Waals surface area contributed by atoms with E-state index >= 15 is 0 Å². The highest BCUT2D eigenvalue weighted by molar-refractivity contribution is 7.14. The number of aryl methyl sites for hydroxylation is 1. The molecule has 0 saturated carbocycles. The highest BCUT2D eigenvalue weighted by Gasteiger charge is 2.16. The third kappa shape index (κ3) is 3.25. The maximum absolute atomic E-state index is 12.4. The zero-order valence-electron chi connectivity index (χ0n) is 13.6. The van der Waals surface area contributed by atoms with Crippen molar-refractivity contribution in [2.75, 3.05) is 18.5 Å². The van der Waals surface area contributed by atoms with Crippen LogP contribution in [0.4, 0.5) is 5.13 Å². The SMILES string of the molecule is CCc1ccsc1C(=O)Nc1nc(-c2ccc3c(c2)OCCO3)cs1. The quantitative estimate of drug-likeness (QED) is 0.735. The lowest BCUT2D eigenvalue weighted by Crippen LogP contribution is -2.15. The number of rotatable bonds is 4. The predicted octanol–water partition coefficient (Wildman–Crippen LogP) is 4.46. The monoisotopic (exact) mass is 372 g/mol. The van der Waals surface area contributed by atoms with Gasteiger partial charge in [0.2, 0.25) is 0 Å². The number of thiazole rings is 1. The third-order valence-corrected chi connectivity index (χ3v) is 5.61. The second-order valence-electron chi connectivity index (χ2n) is 5.48. The van der Waals surface area contributed by atoms with Crippen molar-refractivity contribution in [3.63, 3.8) is 0 Å². The Morgan fingerprint density at radius 2 is 2.04 bits per heavy atom. The van der Waals surface area contributed by atoms with E-state index in [1.165, 1.54) is 22.7 Å². The molecule has 25 heavy (non-hydrogen) atoms. The fourth-order valence-electron chi connectivity index (χ4n) is 2.63. The van der Waals surface area contributed by atoms with Gasteiger partial charge in [-0.3, -0.25) is 10.1 Å². The van der Waals surface area contributed by atoms with E-state index in [9.17, 15) is 4.79 Å². The summed E-state index contributed by atoms with van der Waals surface area (Å²) < 4.78 is 11.2. The molecule has 0 aliphatic carbocycles. The van der Waals surface area contributed by atoms with E-state index < -0.39 is 0 Å². The summed E-state index contributed by atoms with van der Waals surface area (Å²) in [7, 11) is 0. The largest absolute Gasteiger partial charge is 0.486 e. The van der Waals surface area contributed by atoms with Gasteiger partial charge in [-0.2, -0.15) is 0 Å². The Kier molecular flexibility index (Phi) is 4.42. The minimum atomic E-state index is -0.102. The summed E-state index contributed by atoms with van der Waals surface area (Å²) in [5.74, 6) is 1.38. The number of ether oxygens (including phenoxy) is 2. The van der Waals surface area contributed by atoms with Gasteiger partial charge in [-0.1, -0.05) is 6.92 Å². The van der Waals surface area contributed by atoms with Crippen LogP contribution in [0.15, 0.2) is 35.0 Å². The number of hydrogen-bond donors (Lipinski definition) is 1. The summed E-state index contributed by atoms with van der Waals surface area (Å²) in [6, 6.07) is 7.74. The number of anilines is 1. The molecular formula is C18H16N2O3S2. The molecule has 5 nitrogen and oxygen atoms in total. The van der Waals surface area contributed by atoms with Gasteiger partial charge in [0.25, 0.3) is 5.91 Å². The van der Waals surface area contributed by atoms with Gasteiger partial charge in [-0.15, -0.1) is 22.7 Å². The van der Waals surface area contributed by atoms with Gasteiger partial charge in [0, 0.05) is 10.9 Å². The number of hydrogen-bond acceptors (Lipinski definition) is 6. The number of benzene rings is 1. The molecule has 1 aliphatic heterocycles. The van der Waals surface area contributed by atoms with E-state index in [1.54, 1.807) is 0 Å². The molecule has 1 N–H and O–H groups in total. The molecule has 128 valence electrons. The van der Waals surface area contributed by atoms with E-state index in [-0.39, 0.29) is 5.91 Å². The van der Waals surface area contributed by atoms with Gasteiger partial charge in [-0.05, 0) is 41.6 Å². The molecular weight excluding hydrogens is 356 g/mol. The van der Waals surface area contributed by atoms with Crippen LogP contribution in [0.1, 0.15) is 22.2 Å². The van der Waals surface area contributed by atoms with E-state index in [4.69, 9.17) is 9.47 Å². The van der Waals surface area contributed by atoms with Crippen LogP contribution >= 0.6 is 22.7 Å². The molecule has 0 saturated heterocycles. The van der Waals surface area contributed by atoms with Crippen molar-refractivity contribution < 1.29 is 14.3 Å². The van der Waals surface area contributed by atoms with Crippen LogP contribution in [0.3, 0.4) is 0 Å². The maximum Gasteiger partial charge on any atom is 0.267 e. The molecule has 3 aromatic rings. The van der Waals surface area contributed by atoms with E-state index in [2.05, 4.69) is 10.3 Å². The summed E-state index contributed by atoms with van der Waals surface area (Å²) >= 11 is 2.86. The van der Waals surface area contributed by atoms with Crippen LogP contribution < -0.4 is 14.8 Å². The summed E-state index contributed by atoms with van der Waals surface area (Å²) in [5.41, 5.74) is 2.80. The van der Waals surface area contributed by atoms with Gasteiger partial charge >= 0.3 is 0 Å². The molecule has 4 rings (SSSR count). The van der Waals surface area contributed by atoms with Crippen molar-refractivity contribution in [2.45, 2.75) is 13.3 Å². The predicted molar refractivity (Wildman–Crippen MR) is 100 cm³/mol. The standard InChI is InChI=1S/C18H16N2O3S2/c1-2-11-5-8-24-16(11)17(21)20-18-19-13(10-25-18)12-3-4-14-15(9-12)23-7-6-22-14/h3-5,8-10H,2,6-7H2,1H3,(H,19,20,21). The van der Waals surface area contributed by atoms with Crippen molar-refractivity contribution in [3.8, 4) is 22.8 Å². The molecule has 0 spiro atoms. The van der Waals surface area contributed by atoms with E-state index in [0.29, 0.717) is 18.3 Å². The minimum Gasteiger partial charge on any atom is -0.486 e. The molecule has 7 heteroatoms. The first-order chi connectivity index (χ1) is 12.2. The number of fused-ring (bicyclic) bond motifs is 1. The summed E-state index contributed by atoms with van der Waals surface area (Å²) in [5, 5.41) is 7.35. The number of carbonyl (C=O) groups is 1. The Balaban J connectivity index is 1.53. The fourth-order valence-corrected chi connectivity index (χ4v) is 4.24. The second-order valence-corrected chi connectivity index (χ2v) is 7.25. The summed E-state index contributed by atoms with van der Waals surface area (Å²) in [6.45, 7) is 3.17. The maximum atomic E-state index is 12.4. The smallest absolute Gasteiger partial charge is 0.267 e.